The van der Waals surface area contributed by atoms with Gasteiger partial charge >= 0.3 is 0 Å². The van der Waals surface area contributed by atoms with Crippen LogP contribution in [0.1, 0.15) is 41.2 Å². The van der Waals surface area contributed by atoms with Crippen LogP contribution < -0.4 is 20.3 Å². The van der Waals surface area contributed by atoms with Crippen LogP contribution in [0.2, 0.25) is 0 Å². The largest absolute Gasteiger partial charge is 0.497 e. The van der Waals surface area contributed by atoms with Crippen LogP contribution in [0.15, 0.2) is 108 Å². The van der Waals surface area contributed by atoms with Gasteiger partial charge in [-0.25, -0.2) is 19.2 Å². The number of rotatable bonds is 14. The van der Waals surface area contributed by atoms with Gasteiger partial charge in [0, 0.05) is 31.6 Å². The standard InChI is InChI=1S/C36H35F2N3O5/c1-44-30-12-5-11-28(23-30)33-36(19-6-10-25-8-3-2-4-9-25,35(43)41-39-24-26-13-18-31(37)32(38)22-26)40-34(46-33)27-14-16-29(17-15-27)45-21-7-20-42/h2-6,8-18,22-23,33,39,42H,7,19-21,24H2,1H3,(H,41,43)/b10-6+/t33-,36-/m0/s1. The molecule has 238 valence electrons. The Balaban J connectivity index is 1.50. The molecule has 0 spiro atoms. The van der Waals surface area contributed by atoms with E-state index in [1.807, 2.05) is 54.6 Å². The number of benzene rings is 4. The van der Waals surface area contributed by atoms with Gasteiger partial charge in [0.15, 0.2) is 23.3 Å². The number of aliphatic imine (C=N–C) groups is 1. The predicted octanol–water partition coefficient (Wildman–Crippen LogP) is 5.92. The number of hydrogen-bond acceptors (Lipinski definition) is 7. The number of aliphatic hydroxyl groups is 1. The molecular weight excluding hydrogens is 592 g/mol. The lowest BCUT2D eigenvalue weighted by molar-refractivity contribution is -0.129. The molecule has 2 atom stereocenters. The van der Waals surface area contributed by atoms with Gasteiger partial charge in [-0.2, -0.15) is 0 Å². The summed E-state index contributed by atoms with van der Waals surface area (Å²) in [6, 6.07) is 27.6. The zero-order valence-electron chi connectivity index (χ0n) is 25.3. The van der Waals surface area contributed by atoms with Gasteiger partial charge < -0.3 is 19.3 Å². The molecule has 10 heteroatoms. The maximum Gasteiger partial charge on any atom is 0.266 e. The Bertz CT molecular complexity index is 1680. The molecule has 1 aliphatic heterocycles. The van der Waals surface area contributed by atoms with Crippen molar-refractivity contribution in [2.45, 2.75) is 31.0 Å². The number of hydrazine groups is 1. The molecule has 0 radical (unpaired) electrons. The summed E-state index contributed by atoms with van der Waals surface area (Å²) in [5.41, 5.74) is 6.80. The highest BCUT2D eigenvalue weighted by Gasteiger charge is 2.52. The molecule has 0 aromatic heterocycles. The molecule has 4 aromatic carbocycles. The average Bonchev–Trinajstić information content (AvgIpc) is 3.48. The van der Waals surface area contributed by atoms with Gasteiger partial charge in [0.2, 0.25) is 5.90 Å². The smallest absolute Gasteiger partial charge is 0.266 e. The molecule has 3 N–H and O–H groups in total. The quantitative estimate of drug-likeness (QED) is 0.119. The van der Waals surface area contributed by atoms with E-state index in [2.05, 4.69) is 10.9 Å². The Morgan fingerprint density at radius 3 is 2.52 bits per heavy atom. The first-order valence-corrected chi connectivity index (χ1v) is 14.9. The number of aliphatic hydroxyl groups excluding tert-OH is 1. The van der Waals surface area contributed by atoms with E-state index in [0.717, 1.165) is 17.7 Å². The van der Waals surface area contributed by atoms with Gasteiger partial charge in [0.05, 0.1) is 13.7 Å². The molecule has 0 bridgehead atoms. The number of amides is 1. The Morgan fingerprint density at radius 2 is 1.78 bits per heavy atom. The van der Waals surface area contributed by atoms with Crippen molar-refractivity contribution >= 4 is 17.9 Å². The monoisotopic (exact) mass is 627 g/mol. The van der Waals surface area contributed by atoms with E-state index in [4.69, 9.17) is 24.3 Å². The lowest BCUT2D eigenvalue weighted by Gasteiger charge is -2.30. The van der Waals surface area contributed by atoms with Crippen molar-refractivity contribution in [2.24, 2.45) is 4.99 Å². The number of carbonyl (C=O) groups excluding carboxylic acids is 1. The zero-order valence-corrected chi connectivity index (χ0v) is 25.3. The second-order valence-corrected chi connectivity index (χ2v) is 10.6. The van der Waals surface area contributed by atoms with Crippen molar-refractivity contribution in [3.05, 3.63) is 137 Å². The Kier molecular flexibility index (Phi) is 10.7. The van der Waals surface area contributed by atoms with E-state index in [1.54, 1.807) is 43.5 Å². The second-order valence-electron chi connectivity index (χ2n) is 10.6. The maximum absolute atomic E-state index is 14.2. The van der Waals surface area contributed by atoms with Crippen molar-refractivity contribution in [1.29, 1.82) is 0 Å². The molecule has 0 fully saturated rings. The van der Waals surface area contributed by atoms with Crippen molar-refractivity contribution < 1.29 is 32.9 Å². The van der Waals surface area contributed by atoms with Crippen LogP contribution in [0.25, 0.3) is 6.08 Å². The topological polar surface area (TPSA) is 101 Å². The van der Waals surface area contributed by atoms with Gasteiger partial charge in [-0.3, -0.25) is 10.2 Å². The minimum absolute atomic E-state index is 0.0346. The number of halogens is 2. The molecule has 4 aromatic rings. The fraction of sp³-hybridized carbons (Fsp3) is 0.222. The first-order valence-electron chi connectivity index (χ1n) is 14.9. The number of nitrogens with zero attached hydrogens (tertiary/aromatic N) is 1. The molecule has 5 rings (SSSR count). The highest BCUT2D eigenvalue weighted by Crippen LogP contribution is 2.43. The minimum atomic E-state index is -1.48. The zero-order chi connectivity index (χ0) is 32.4. The van der Waals surface area contributed by atoms with Gasteiger partial charge in [0.25, 0.3) is 5.91 Å². The Hall–Kier alpha value is -5.06. The fourth-order valence-electron chi connectivity index (χ4n) is 5.04. The van der Waals surface area contributed by atoms with Gasteiger partial charge in [0.1, 0.15) is 11.5 Å². The highest BCUT2D eigenvalue weighted by molar-refractivity contribution is 6.01. The fourth-order valence-corrected chi connectivity index (χ4v) is 5.04. The SMILES string of the molecule is COc1cccc([C@@H]2OC(c3ccc(OCCCO)cc3)=N[C@]2(C/C=C/c2ccccc2)C(=O)NNCc2ccc(F)c(F)c2)c1. The van der Waals surface area contributed by atoms with Gasteiger partial charge in [-0.1, -0.05) is 60.7 Å². The summed E-state index contributed by atoms with van der Waals surface area (Å²) in [5, 5.41) is 9.05. The van der Waals surface area contributed by atoms with Gasteiger partial charge in [-0.15, -0.1) is 0 Å². The van der Waals surface area contributed by atoms with Crippen molar-refractivity contribution in [3.8, 4) is 11.5 Å². The summed E-state index contributed by atoms with van der Waals surface area (Å²) >= 11 is 0. The van der Waals surface area contributed by atoms with Crippen molar-refractivity contribution in [3.63, 3.8) is 0 Å². The highest BCUT2D eigenvalue weighted by atomic mass is 19.2. The summed E-state index contributed by atoms with van der Waals surface area (Å²) in [4.78, 5) is 19.2. The Labute approximate surface area is 266 Å². The van der Waals surface area contributed by atoms with Crippen molar-refractivity contribution in [1.82, 2.24) is 10.9 Å². The number of nitrogens with one attached hydrogen (secondary N) is 2. The number of hydrogen-bond donors (Lipinski definition) is 3. The molecule has 46 heavy (non-hydrogen) atoms. The van der Waals surface area contributed by atoms with Crippen LogP contribution in [0, 0.1) is 11.6 Å². The van der Waals surface area contributed by atoms with Gasteiger partial charge in [-0.05, 0) is 65.2 Å². The van der Waals surface area contributed by atoms with E-state index in [9.17, 15) is 13.6 Å². The first-order chi connectivity index (χ1) is 22.4. The third kappa shape index (κ3) is 7.77. The molecule has 0 saturated carbocycles. The van der Waals surface area contributed by atoms with Crippen LogP contribution >= 0.6 is 0 Å². The van der Waals surface area contributed by atoms with Crippen LogP contribution in [-0.4, -0.2) is 42.8 Å². The summed E-state index contributed by atoms with van der Waals surface area (Å²) in [6.07, 6.45) is 3.61. The third-order valence-electron chi connectivity index (χ3n) is 7.44. The number of ether oxygens (including phenoxy) is 3. The second kappa shape index (κ2) is 15.3. The average molecular weight is 628 g/mol. The predicted molar refractivity (Wildman–Crippen MR) is 171 cm³/mol. The normalized spacial score (nSPS) is 17.4. The first kappa shape index (κ1) is 32.3. The molecule has 1 amide bonds. The summed E-state index contributed by atoms with van der Waals surface area (Å²) in [7, 11) is 1.56. The summed E-state index contributed by atoms with van der Waals surface area (Å²) in [5.74, 6) is -0.943. The lowest BCUT2D eigenvalue weighted by Crippen LogP contribution is -2.52. The molecule has 1 aliphatic rings. The lowest BCUT2D eigenvalue weighted by atomic mass is 9.84. The van der Waals surface area contributed by atoms with Crippen LogP contribution in [0.5, 0.6) is 11.5 Å². The van der Waals surface area contributed by atoms with E-state index < -0.39 is 29.2 Å². The van der Waals surface area contributed by atoms with Crippen LogP contribution in [-0.2, 0) is 16.1 Å². The van der Waals surface area contributed by atoms with E-state index >= 15 is 0 Å². The van der Waals surface area contributed by atoms with E-state index in [0.29, 0.717) is 41.2 Å². The number of carbonyl (C=O) groups is 1. The molecule has 1 heterocycles. The summed E-state index contributed by atoms with van der Waals surface area (Å²) < 4.78 is 44.9. The Morgan fingerprint density at radius 1 is 0.978 bits per heavy atom. The minimum Gasteiger partial charge on any atom is -0.497 e. The van der Waals surface area contributed by atoms with Crippen molar-refractivity contribution in [2.75, 3.05) is 20.3 Å². The maximum atomic E-state index is 14.2. The number of methoxy groups -OCH3 is 1. The third-order valence-corrected chi connectivity index (χ3v) is 7.44. The summed E-state index contributed by atoms with van der Waals surface area (Å²) in [6.45, 7) is 0.449. The molecular formula is C36H35F2N3O5. The van der Waals surface area contributed by atoms with Crippen LogP contribution in [0.3, 0.4) is 0 Å². The molecule has 0 saturated heterocycles. The molecule has 0 unspecified atom stereocenters. The van der Waals surface area contributed by atoms with Crippen LogP contribution in [0.4, 0.5) is 8.78 Å². The van der Waals surface area contributed by atoms with E-state index in [-0.39, 0.29) is 25.5 Å². The molecule has 0 aliphatic carbocycles. The van der Waals surface area contributed by atoms with E-state index in [1.165, 1.54) is 6.07 Å². The molecule has 8 nitrogen and oxygen atoms in total.